The van der Waals surface area contributed by atoms with Crippen molar-refractivity contribution in [3.63, 3.8) is 0 Å². The second-order valence-electron chi connectivity index (χ2n) is 2.42. The van der Waals surface area contributed by atoms with E-state index < -0.39 is 28.2 Å². The Morgan fingerprint density at radius 3 is 2.12 bits per heavy atom. The van der Waals surface area contributed by atoms with Gasteiger partial charge in [0.05, 0.1) is 4.92 Å². The fourth-order valence-corrected chi connectivity index (χ4v) is 0.895. The lowest BCUT2D eigenvalue weighted by molar-refractivity contribution is -0.388. The molecule has 1 rings (SSSR count). The Bertz CT molecular complexity index is 376. The molecular formula is C9H9F4NO2. The molecule has 0 saturated heterocycles. The summed E-state index contributed by atoms with van der Waals surface area (Å²) < 4.78 is 48.8. The molecule has 90 valence electrons. The van der Waals surface area contributed by atoms with Crippen LogP contribution in [0.2, 0.25) is 0 Å². The molecule has 0 unspecified atom stereocenters. The predicted molar refractivity (Wildman–Crippen MR) is 49.4 cm³/mol. The summed E-state index contributed by atoms with van der Waals surface area (Å²) in [6.07, 6.45) is -4.93. The SMILES string of the molecule is CC.O=[N+]([O-])c1ccc(F)cc1C(F)(F)F. The Labute approximate surface area is 88.8 Å². The van der Waals surface area contributed by atoms with Crippen molar-refractivity contribution in [1.29, 1.82) is 0 Å². The quantitative estimate of drug-likeness (QED) is 0.425. The molecule has 0 bridgehead atoms. The summed E-state index contributed by atoms with van der Waals surface area (Å²) in [4.78, 5) is 8.96. The number of nitrogens with zero attached hydrogens (tertiary/aromatic N) is 1. The molecule has 0 N–H and O–H groups in total. The van der Waals surface area contributed by atoms with Crippen LogP contribution in [0.5, 0.6) is 0 Å². The lowest BCUT2D eigenvalue weighted by Crippen LogP contribution is -2.09. The lowest BCUT2D eigenvalue weighted by Gasteiger charge is -2.06. The van der Waals surface area contributed by atoms with Gasteiger partial charge in [0.25, 0.3) is 5.69 Å². The van der Waals surface area contributed by atoms with E-state index in [2.05, 4.69) is 0 Å². The van der Waals surface area contributed by atoms with Crippen molar-refractivity contribution in [2.45, 2.75) is 20.0 Å². The lowest BCUT2D eigenvalue weighted by atomic mass is 10.1. The molecule has 3 nitrogen and oxygen atoms in total. The zero-order valence-electron chi connectivity index (χ0n) is 8.51. The molecule has 0 aliphatic carbocycles. The maximum atomic E-state index is 12.4. The monoisotopic (exact) mass is 239 g/mol. The van der Waals surface area contributed by atoms with Gasteiger partial charge in [-0.05, 0) is 12.1 Å². The van der Waals surface area contributed by atoms with Crippen LogP contribution in [0.4, 0.5) is 23.2 Å². The number of halogens is 4. The highest BCUT2D eigenvalue weighted by atomic mass is 19.4. The predicted octanol–water partition coefficient (Wildman–Crippen LogP) is 3.78. The van der Waals surface area contributed by atoms with Gasteiger partial charge in [-0.25, -0.2) is 4.39 Å². The van der Waals surface area contributed by atoms with Crippen LogP contribution >= 0.6 is 0 Å². The molecule has 16 heavy (non-hydrogen) atoms. The van der Waals surface area contributed by atoms with E-state index >= 15 is 0 Å². The van der Waals surface area contributed by atoms with Crippen molar-refractivity contribution in [2.24, 2.45) is 0 Å². The summed E-state index contributed by atoms with van der Waals surface area (Å²) >= 11 is 0. The highest BCUT2D eigenvalue weighted by Gasteiger charge is 2.38. The molecule has 0 heterocycles. The number of hydrogen-bond donors (Lipinski definition) is 0. The molecular weight excluding hydrogens is 230 g/mol. The summed E-state index contributed by atoms with van der Waals surface area (Å²) in [6.45, 7) is 4.00. The van der Waals surface area contributed by atoms with Crippen LogP contribution < -0.4 is 0 Å². The van der Waals surface area contributed by atoms with Crippen LogP contribution in [0, 0.1) is 15.9 Å². The maximum absolute atomic E-state index is 12.4. The van der Waals surface area contributed by atoms with Gasteiger partial charge >= 0.3 is 6.18 Å². The van der Waals surface area contributed by atoms with E-state index in [0.717, 1.165) is 0 Å². The first-order valence-electron chi connectivity index (χ1n) is 4.33. The van der Waals surface area contributed by atoms with E-state index in [1.54, 1.807) is 0 Å². The van der Waals surface area contributed by atoms with Crippen LogP contribution in [0.15, 0.2) is 18.2 Å². The van der Waals surface area contributed by atoms with E-state index in [1.807, 2.05) is 13.8 Å². The minimum Gasteiger partial charge on any atom is -0.258 e. The third-order valence-corrected chi connectivity index (χ3v) is 1.46. The van der Waals surface area contributed by atoms with Crippen molar-refractivity contribution in [2.75, 3.05) is 0 Å². The van der Waals surface area contributed by atoms with Gasteiger partial charge in [-0.2, -0.15) is 13.2 Å². The average Bonchev–Trinajstić information content (AvgIpc) is 2.19. The van der Waals surface area contributed by atoms with Crippen molar-refractivity contribution in [1.82, 2.24) is 0 Å². The summed E-state index contributed by atoms with van der Waals surface area (Å²) in [5.41, 5.74) is -2.73. The molecule has 7 heteroatoms. The number of nitro benzene ring substituents is 1. The number of benzene rings is 1. The maximum Gasteiger partial charge on any atom is 0.423 e. The fraction of sp³-hybridized carbons (Fsp3) is 0.333. The van der Waals surface area contributed by atoms with Crippen LogP contribution in [0.3, 0.4) is 0 Å². The first-order chi connectivity index (χ1) is 7.32. The second kappa shape index (κ2) is 5.43. The van der Waals surface area contributed by atoms with Gasteiger partial charge < -0.3 is 0 Å². The van der Waals surface area contributed by atoms with Gasteiger partial charge in [-0.15, -0.1) is 0 Å². The largest absolute Gasteiger partial charge is 0.423 e. The van der Waals surface area contributed by atoms with Crippen molar-refractivity contribution < 1.29 is 22.5 Å². The average molecular weight is 239 g/mol. The van der Waals surface area contributed by atoms with Gasteiger partial charge in [0, 0.05) is 6.07 Å². The van der Waals surface area contributed by atoms with Gasteiger partial charge in [0.1, 0.15) is 11.4 Å². The number of nitro groups is 1. The third-order valence-electron chi connectivity index (χ3n) is 1.46. The molecule has 0 spiro atoms. The summed E-state index contributed by atoms with van der Waals surface area (Å²) in [5.74, 6) is -1.16. The highest BCUT2D eigenvalue weighted by Crippen LogP contribution is 2.36. The molecule has 1 aromatic carbocycles. The number of hydrogen-bond acceptors (Lipinski definition) is 2. The van der Waals surface area contributed by atoms with E-state index in [9.17, 15) is 27.7 Å². The van der Waals surface area contributed by atoms with Crippen LogP contribution in [0.25, 0.3) is 0 Å². The smallest absolute Gasteiger partial charge is 0.258 e. The summed E-state index contributed by atoms with van der Waals surface area (Å²) in [6, 6.07) is 1.18. The van der Waals surface area contributed by atoms with Gasteiger partial charge in [0.15, 0.2) is 0 Å². The number of rotatable bonds is 1. The topological polar surface area (TPSA) is 43.1 Å². The molecule has 0 amide bonds. The molecule has 0 radical (unpaired) electrons. The molecule has 1 aromatic rings. The van der Waals surface area contributed by atoms with Gasteiger partial charge in [-0.3, -0.25) is 10.1 Å². The Hall–Kier alpha value is -1.66. The van der Waals surface area contributed by atoms with Crippen LogP contribution in [0.1, 0.15) is 19.4 Å². The molecule has 0 atom stereocenters. The van der Waals surface area contributed by atoms with Crippen LogP contribution in [-0.2, 0) is 6.18 Å². The zero-order valence-corrected chi connectivity index (χ0v) is 8.51. The van der Waals surface area contributed by atoms with Gasteiger partial charge in [0.2, 0.25) is 0 Å². The van der Waals surface area contributed by atoms with Crippen molar-refractivity contribution in [3.8, 4) is 0 Å². The third kappa shape index (κ3) is 3.48. The molecule has 0 aromatic heterocycles. The van der Waals surface area contributed by atoms with E-state index in [0.29, 0.717) is 12.1 Å². The summed E-state index contributed by atoms with van der Waals surface area (Å²) in [5, 5.41) is 10.2. The molecule has 0 fully saturated rings. The van der Waals surface area contributed by atoms with E-state index in [1.165, 1.54) is 0 Å². The van der Waals surface area contributed by atoms with Crippen molar-refractivity contribution >= 4 is 5.69 Å². The Kier molecular flexibility index (Phi) is 4.87. The highest BCUT2D eigenvalue weighted by molar-refractivity contribution is 5.42. The van der Waals surface area contributed by atoms with E-state index in [4.69, 9.17) is 0 Å². The number of alkyl halides is 3. The first kappa shape index (κ1) is 14.3. The van der Waals surface area contributed by atoms with Gasteiger partial charge in [-0.1, -0.05) is 13.8 Å². The zero-order chi connectivity index (χ0) is 12.9. The first-order valence-corrected chi connectivity index (χ1v) is 4.33. The summed E-state index contributed by atoms with van der Waals surface area (Å²) in [7, 11) is 0. The minimum atomic E-state index is -4.93. The Balaban J connectivity index is 0.00000106. The van der Waals surface area contributed by atoms with Crippen LogP contribution in [-0.4, -0.2) is 4.92 Å². The minimum absolute atomic E-state index is 0.0954. The normalized spacial score (nSPS) is 10.4. The standard InChI is InChI=1S/C7H3F4NO2.C2H6/c8-4-1-2-6(12(13)14)5(3-4)7(9,10)11;1-2/h1-3H;1-2H3. The van der Waals surface area contributed by atoms with E-state index in [-0.39, 0.29) is 6.07 Å². The fourth-order valence-electron chi connectivity index (χ4n) is 0.895. The van der Waals surface area contributed by atoms with Crippen molar-refractivity contribution in [3.05, 3.63) is 39.7 Å². The molecule has 0 saturated carbocycles. The Morgan fingerprint density at radius 1 is 1.25 bits per heavy atom. The second-order valence-corrected chi connectivity index (χ2v) is 2.42. The molecule has 0 aliphatic heterocycles. The Morgan fingerprint density at radius 2 is 1.75 bits per heavy atom. The molecule has 0 aliphatic rings.